The first-order valence-electron chi connectivity index (χ1n) is 13.9. The van der Waals surface area contributed by atoms with E-state index in [1.165, 1.54) is 0 Å². The Labute approximate surface area is 252 Å². The maximum atomic E-state index is 13.3. The number of nitrogens with one attached hydrogen (secondary N) is 1. The molecular weight excluding hydrogens is 554 g/mol. The molecule has 2 unspecified atom stereocenters. The molecule has 0 saturated heterocycles. The van der Waals surface area contributed by atoms with Crippen molar-refractivity contribution in [1.82, 2.24) is 14.9 Å². The summed E-state index contributed by atoms with van der Waals surface area (Å²) in [7, 11) is 0. The largest absolute Gasteiger partial charge is 0.478 e. The number of imidazole rings is 1. The molecule has 0 aliphatic carbocycles. The summed E-state index contributed by atoms with van der Waals surface area (Å²) in [5.74, 6) is -0.00553. The molecule has 214 valence electrons. The van der Waals surface area contributed by atoms with E-state index < -0.39 is 5.97 Å². The molecule has 0 bridgehead atoms. The zero-order valence-corrected chi connectivity index (χ0v) is 25.0. The molecule has 2 N–H and O–H groups in total. The van der Waals surface area contributed by atoms with Crippen LogP contribution in [0.1, 0.15) is 65.6 Å². The molecule has 1 aromatic heterocycles. The summed E-state index contributed by atoms with van der Waals surface area (Å²) in [6.07, 6.45) is 2.77. The molecule has 4 rings (SSSR count). The Kier molecular flexibility index (Phi) is 10.7. The number of unbranched alkanes of at least 4 members (excludes halogenated alkanes) is 1. The molecule has 0 radical (unpaired) electrons. The Bertz CT molecular complexity index is 1470. The molecule has 41 heavy (non-hydrogen) atoms. The number of aryl methyl sites for hydroxylation is 1. The average Bonchev–Trinajstić information content (AvgIpc) is 3.29. The highest BCUT2D eigenvalue weighted by molar-refractivity contribution is 7.80. The van der Waals surface area contributed by atoms with E-state index in [4.69, 9.17) is 11.6 Å². The summed E-state index contributed by atoms with van der Waals surface area (Å²) in [6, 6.07) is 24.8. The molecule has 0 spiro atoms. The highest BCUT2D eigenvalue weighted by Gasteiger charge is 2.26. The van der Waals surface area contributed by atoms with Crippen LogP contribution in [0.2, 0.25) is 5.15 Å². The number of nitrogens with zero attached hydrogens (tertiary/aromatic N) is 2. The van der Waals surface area contributed by atoms with Gasteiger partial charge in [-0.2, -0.15) is 12.6 Å². The first kappa shape index (κ1) is 30.4. The van der Waals surface area contributed by atoms with Crippen LogP contribution in [0, 0.1) is 5.92 Å². The van der Waals surface area contributed by atoms with Gasteiger partial charge < -0.3 is 15.0 Å². The number of rotatable bonds is 13. The molecule has 0 saturated carbocycles. The van der Waals surface area contributed by atoms with E-state index in [0.29, 0.717) is 23.0 Å². The normalized spacial score (nSPS) is 12.6. The second-order valence-electron chi connectivity index (χ2n) is 10.2. The molecule has 1 heterocycles. The van der Waals surface area contributed by atoms with Gasteiger partial charge in [-0.05, 0) is 40.7 Å². The van der Waals surface area contributed by atoms with Crippen LogP contribution in [0.5, 0.6) is 0 Å². The van der Waals surface area contributed by atoms with Gasteiger partial charge in [-0.1, -0.05) is 105 Å². The van der Waals surface area contributed by atoms with Crippen molar-refractivity contribution < 1.29 is 14.7 Å². The molecule has 3 aromatic carbocycles. The number of aromatic nitrogens is 2. The maximum Gasteiger partial charge on any atom is 0.336 e. The molecular formula is C33H36ClN3O3S. The van der Waals surface area contributed by atoms with Gasteiger partial charge in [-0.15, -0.1) is 0 Å². The van der Waals surface area contributed by atoms with Crippen molar-refractivity contribution in [2.45, 2.75) is 52.1 Å². The smallest absolute Gasteiger partial charge is 0.336 e. The van der Waals surface area contributed by atoms with Crippen molar-refractivity contribution in [3.05, 3.63) is 112 Å². The highest BCUT2D eigenvalue weighted by atomic mass is 35.5. The third-order valence-corrected chi connectivity index (χ3v) is 8.21. The number of halogens is 1. The van der Waals surface area contributed by atoms with E-state index in [-0.39, 0.29) is 29.9 Å². The number of carbonyl (C=O) groups is 2. The minimum absolute atomic E-state index is 0.0129. The van der Waals surface area contributed by atoms with Crippen molar-refractivity contribution in [3.63, 3.8) is 0 Å². The SMILES string of the molecule is CCCCc1nc(Cl)c(CNC(=O)C(CS)C(C)c2ccccc2)n1Cc1ccc(-c2ccccc2C(=O)O)cc1. The van der Waals surface area contributed by atoms with Crippen LogP contribution in [-0.2, 0) is 24.3 Å². The van der Waals surface area contributed by atoms with Gasteiger partial charge >= 0.3 is 5.97 Å². The maximum absolute atomic E-state index is 13.3. The lowest BCUT2D eigenvalue weighted by atomic mass is 9.88. The zero-order valence-electron chi connectivity index (χ0n) is 23.4. The van der Waals surface area contributed by atoms with Gasteiger partial charge in [0.2, 0.25) is 5.91 Å². The standard InChI is InChI=1S/C33H36ClN3O3S/c1-3-4-14-30-36-31(34)29(19-35-32(38)28(21-41)22(2)24-10-6-5-7-11-24)37(30)20-23-15-17-25(18-16-23)26-12-8-9-13-27(26)33(39)40/h5-13,15-18,22,28,41H,3-4,14,19-21H2,1-2H3,(H,35,38)(H,39,40). The molecule has 8 heteroatoms. The van der Waals surface area contributed by atoms with Gasteiger partial charge in [-0.25, -0.2) is 9.78 Å². The van der Waals surface area contributed by atoms with Crippen LogP contribution in [0.25, 0.3) is 11.1 Å². The van der Waals surface area contributed by atoms with E-state index in [0.717, 1.165) is 47.5 Å². The molecule has 6 nitrogen and oxygen atoms in total. The molecule has 0 aliphatic heterocycles. The molecule has 4 aromatic rings. The lowest BCUT2D eigenvalue weighted by Crippen LogP contribution is -2.35. The minimum Gasteiger partial charge on any atom is -0.478 e. The number of carboxylic acids is 1. The first-order valence-corrected chi connectivity index (χ1v) is 14.9. The topological polar surface area (TPSA) is 84.2 Å². The summed E-state index contributed by atoms with van der Waals surface area (Å²) >= 11 is 11.1. The minimum atomic E-state index is -0.955. The van der Waals surface area contributed by atoms with Crippen LogP contribution in [0.15, 0.2) is 78.9 Å². The van der Waals surface area contributed by atoms with E-state index in [9.17, 15) is 14.7 Å². The van der Waals surface area contributed by atoms with Crippen LogP contribution in [0.3, 0.4) is 0 Å². The van der Waals surface area contributed by atoms with E-state index in [1.54, 1.807) is 12.1 Å². The van der Waals surface area contributed by atoms with Crippen LogP contribution in [-0.4, -0.2) is 32.3 Å². The van der Waals surface area contributed by atoms with Crippen LogP contribution >= 0.6 is 24.2 Å². The third-order valence-electron chi connectivity index (χ3n) is 7.51. The Hall–Kier alpha value is -3.55. The lowest BCUT2D eigenvalue weighted by molar-refractivity contribution is -0.125. The Morgan fingerprint density at radius 3 is 2.37 bits per heavy atom. The van der Waals surface area contributed by atoms with E-state index in [2.05, 4.69) is 41.3 Å². The van der Waals surface area contributed by atoms with Crippen molar-refractivity contribution in [2.24, 2.45) is 5.92 Å². The van der Waals surface area contributed by atoms with E-state index in [1.807, 2.05) is 66.7 Å². The highest BCUT2D eigenvalue weighted by Crippen LogP contribution is 2.28. The van der Waals surface area contributed by atoms with Gasteiger partial charge in [-0.3, -0.25) is 4.79 Å². The van der Waals surface area contributed by atoms with Gasteiger partial charge in [0.05, 0.1) is 23.7 Å². The third kappa shape index (κ3) is 7.40. The summed E-state index contributed by atoms with van der Waals surface area (Å²) in [5.41, 5.74) is 4.65. The predicted molar refractivity (Wildman–Crippen MR) is 168 cm³/mol. The lowest BCUT2D eigenvalue weighted by Gasteiger charge is -2.22. The number of hydrogen-bond donors (Lipinski definition) is 3. The number of carbonyl (C=O) groups excluding carboxylic acids is 1. The second-order valence-corrected chi connectivity index (χ2v) is 10.9. The summed E-state index contributed by atoms with van der Waals surface area (Å²) in [4.78, 5) is 29.6. The van der Waals surface area contributed by atoms with Crippen molar-refractivity contribution in [2.75, 3.05) is 5.75 Å². The summed E-state index contributed by atoms with van der Waals surface area (Å²) in [5, 5.41) is 13.1. The van der Waals surface area contributed by atoms with Crippen LogP contribution in [0.4, 0.5) is 0 Å². The number of thiol groups is 1. The quantitative estimate of drug-likeness (QED) is 0.143. The fourth-order valence-electron chi connectivity index (χ4n) is 5.04. The molecule has 0 fully saturated rings. The van der Waals surface area contributed by atoms with E-state index >= 15 is 0 Å². The number of benzene rings is 3. The summed E-state index contributed by atoms with van der Waals surface area (Å²) < 4.78 is 2.09. The van der Waals surface area contributed by atoms with Gasteiger partial charge in [0.1, 0.15) is 5.82 Å². The Balaban J connectivity index is 1.55. The van der Waals surface area contributed by atoms with Gasteiger partial charge in [0, 0.05) is 18.7 Å². The number of amides is 1. The zero-order chi connectivity index (χ0) is 29.4. The van der Waals surface area contributed by atoms with Crippen molar-refractivity contribution in [3.8, 4) is 11.1 Å². The summed E-state index contributed by atoms with van der Waals surface area (Å²) in [6.45, 7) is 4.97. The van der Waals surface area contributed by atoms with Crippen LogP contribution < -0.4 is 5.32 Å². The van der Waals surface area contributed by atoms with Gasteiger partial charge in [0.15, 0.2) is 5.15 Å². The molecule has 1 amide bonds. The first-order chi connectivity index (χ1) is 19.8. The van der Waals surface area contributed by atoms with Crippen molar-refractivity contribution >= 4 is 36.1 Å². The number of aromatic carboxylic acids is 1. The number of carboxylic acid groups (broad SMARTS) is 1. The molecule has 0 aliphatic rings. The number of hydrogen-bond acceptors (Lipinski definition) is 4. The second kappa shape index (κ2) is 14.4. The Morgan fingerprint density at radius 1 is 1.02 bits per heavy atom. The molecule has 2 atom stereocenters. The van der Waals surface area contributed by atoms with Crippen molar-refractivity contribution in [1.29, 1.82) is 0 Å². The Morgan fingerprint density at radius 2 is 1.71 bits per heavy atom. The fourth-order valence-corrected chi connectivity index (χ4v) is 5.79. The van der Waals surface area contributed by atoms with Gasteiger partial charge in [0.25, 0.3) is 0 Å². The fraction of sp³-hybridized carbons (Fsp3) is 0.303. The average molecular weight is 590 g/mol. The predicted octanol–water partition coefficient (Wildman–Crippen LogP) is 7.26. The monoisotopic (exact) mass is 589 g/mol.